The molecular formula is C18H30N2S. The predicted octanol–water partition coefficient (Wildman–Crippen LogP) is 4.86. The number of thiol groups is 1. The van der Waals surface area contributed by atoms with Gasteiger partial charge >= 0.3 is 0 Å². The van der Waals surface area contributed by atoms with Gasteiger partial charge in [-0.05, 0) is 57.3 Å². The number of amidine groups is 1. The number of hydrogen-bond donors (Lipinski definition) is 2. The first-order chi connectivity index (χ1) is 10.3. The zero-order valence-electron chi connectivity index (χ0n) is 13.2. The molecule has 0 saturated heterocycles. The second-order valence-electron chi connectivity index (χ2n) is 7.11. The van der Waals surface area contributed by atoms with Gasteiger partial charge < -0.3 is 5.32 Å². The number of rotatable bonds is 1. The first-order valence-corrected chi connectivity index (χ1v) is 9.46. The summed E-state index contributed by atoms with van der Waals surface area (Å²) >= 11 is 4.55. The first-order valence-electron chi connectivity index (χ1n) is 9.01. The zero-order valence-corrected chi connectivity index (χ0v) is 14.1. The Balaban J connectivity index is 1.75. The molecule has 0 aromatic carbocycles. The Labute approximate surface area is 135 Å². The number of nitrogens with zero attached hydrogens (tertiary/aromatic N) is 1. The molecule has 3 atom stereocenters. The molecule has 0 spiro atoms. The van der Waals surface area contributed by atoms with Crippen LogP contribution in [0.4, 0.5) is 0 Å². The van der Waals surface area contributed by atoms with Crippen molar-refractivity contribution in [1.82, 2.24) is 5.32 Å². The summed E-state index contributed by atoms with van der Waals surface area (Å²) in [5, 5.41) is 4.47. The van der Waals surface area contributed by atoms with Gasteiger partial charge in [0.1, 0.15) is 0 Å². The highest BCUT2D eigenvalue weighted by Crippen LogP contribution is 2.45. The number of allylic oxidation sites excluding steroid dienone is 2. The third-order valence-corrected chi connectivity index (χ3v) is 5.99. The van der Waals surface area contributed by atoms with Crippen molar-refractivity contribution in [3.05, 3.63) is 12.2 Å². The van der Waals surface area contributed by atoms with Crippen molar-refractivity contribution in [2.75, 3.05) is 0 Å². The fraction of sp³-hybridized carbons (Fsp3) is 0.833. The molecule has 0 aromatic heterocycles. The lowest BCUT2D eigenvalue weighted by molar-refractivity contribution is 0.151. The van der Waals surface area contributed by atoms with Crippen molar-refractivity contribution < 1.29 is 0 Å². The van der Waals surface area contributed by atoms with Gasteiger partial charge in [-0.1, -0.05) is 37.8 Å². The summed E-state index contributed by atoms with van der Waals surface area (Å²) < 4.78 is 0. The zero-order chi connectivity index (χ0) is 14.5. The van der Waals surface area contributed by atoms with E-state index in [9.17, 15) is 0 Å². The summed E-state index contributed by atoms with van der Waals surface area (Å²) in [7, 11) is 0. The van der Waals surface area contributed by atoms with Gasteiger partial charge in [0.15, 0.2) is 5.17 Å². The van der Waals surface area contributed by atoms with Crippen molar-refractivity contribution in [1.29, 1.82) is 0 Å². The monoisotopic (exact) mass is 306 g/mol. The van der Waals surface area contributed by atoms with E-state index in [0.29, 0.717) is 6.04 Å². The molecule has 3 heteroatoms. The maximum absolute atomic E-state index is 5.07. The Bertz CT molecular complexity index is 404. The molecule has 118 valence electrons. The summed E-state index contributed by atoms with van der Waals surface area (Å²) in [4.78, 5) is 5.07. The topological polar surface area (TPSA) is 24.4 Å². The minimum atomic E-state index is 0.174. The molecule has 1 saturated carbocycles. The smallest absolute Gasteiger partial charge is 0.154 e. The molecule has 2 nitrogen and oxygen atoms in total. The standard InChI is InChI=1S/C18H30N2S/c21-17-19-16-13-9-10-14-18(16,20-17)15-11-7-5-3-1-2-4-6-8-12-15/h1,3,15-16H,2,4-14H2,(H2,19,20,21)/b3-1-. The van der Waals surface area contributed by atoms with Gasteiger partial charge in [0, 0.05) is 0 Å². The number of hydrogen-bond acceptors (Lipinski definition) is 2. The molecule has 1 N–H and O–H groups in total. The molecule has 0 amide bonds. The molecule has 1 fully saturated rings. The van der Waals surface area contributed by atoms with Crippen LogP contribution in [-0.4, -0.2) is 16.7 Å². The molecule has 0 bridgehead atoms. The number of aliphatic imine (C=N–C) groups is 1. The van der Waals surface area contributed by atoms with E-state index in [1.807, 2.05) is 0 Å². The van der Waals surface area contributed by atoms with E-state index >= 15 is 0 Å². The molecule has 1 heterocycles. The quantitative estimate of drug-likeness (QED) is 0.524. The van der Waals surface area contributed by atoms with Crippen LogP contribution in [0.25, 0.3) is 0 Å². The molecule has 3 unspecified atom stereocenters. The predicted molar refractivity (Wildman–Crippen MR) is 94.1 cm³/mol. The SMILES string of the molecule is SC1=NC2(C3CCC/C=C\CCCCC3)CCCCC2N1. The van der Waals surface area contributed by atoms with Crippen LogP contribution in [0.5, 0.6) is 0 Å². The lowest BCUT2D eigenvalue weighted by Gasteiger charge is -2.43. The van der Waals surface area contributed by atoms with Crippen LogP contribution < -0.4 is 5.32 Å². The van der Waals surface area contributed by atoms with Crippen LogP contribution in [0.3, 0.4) is 0 Å². The lowest BCUT2D eigenvalue weighted by atomic mass is 9.67. The fourth-order valence-electron chi connectivity index (χ4n) is 4.67. The van der Waals surface area contributed by atoms with Gasteiger partial charge in [0.2, 0.25) is 0 Å². The molecule has 3 rings (SSSR count). The third-order valence-electron chi connectivity index (χ3n) is 5.76. The van der Waals surface area contributed by atoms with Crippen LogP contribution in [0, 0.1) is 5.92 Å². The van der Waals surface area contributed by atoms with E-state index in [2.05, 4.69) is 30.1 Å². The largest absolute Gasteiger partial charge is 0.360 e. The molecule has 2 aliphatic carbocycles. The second-order valence-corrected chi connectivity index (χ2v) is 7.53. The molecule has 0 radical (unpaired) electrons. The normalized spacial score (nSPS) is 39.6. The minimum Gasteiger partial charge on any atom is -0.360 e. The average Bonchev–Trinajstić information content (AvgIpc) is 2.80. The highest BCUT2D eigenvalue weighted by atomic mass is 32.1. The highest BCUT2D eigenvalue weighted by Gasteiger charge is 2.49. The summed E-state index contributed by atoms with van der Waals surface area (Å²) in [6, 6.07) is 0.560. The van der Waals surface area contributed by atoms with Crippen molar-refractivity contribution in [3.8, 4) is 0 Å². The maximum Gasteiger partial charge on any atom is 0.154 e. The van der Waals surface area contributed by atoms with Crippen LogP contribution >= 0.6 is 12.6 Å². The van der Waals surface area contributed by atoms with Crippen LogP contribution in [0.15, 0.2) is 17.1 Å². The Hall–Kier alpha value is -0.440. The Morgan fingerprint density at radius 2 is 1.71 bits per heavy atom. The molecule has 0 aromatic rings. The maximum atomic E-state index is 5.07. The van der Waals surface area contributed by atoms with Gasteiger partial charge in [0.05, 0.1) is 11.6 Å². The summed E-state index contributed by atoms with van der Waals surface area (Å²) in [5.74, 6) is 0.756. The molecular weight excluding hydrogens is 276 g/mol. The molecule has 21 heavy (non-hydrogen) atoms. The minimum absolute atomic E-state index is 0.174. The van der Waals surface area contributed by atoms with Gasteiger partial charge in [0.25, 0.3) is 0 Å². The summed E-state index contributed by atoms with van der Waals surface area (Å²) in [6.07, 6.45) is 20.7. The van der Waals surface area contributed by atoms with E-state index < -0.39 is 0 Å². The van der Waals surface area contributed by atoms with E-state index in [0.717, 1.165) is 11.1 Å². The van der Waals surface area contributed by atoms with Crippen molar-refractivity contribution in [3.63, 3.8) is 0 Å². The fourth-order valence-corrected chi connectivity index (χ4v) is 5.01. The number of nitrogens with one attached hydrogen (secondary N) is 1. The van der Waals surface area contributed by atoms with Crippen LogP contribution in [0.2, 0.25) is 0 Å². The van der Waals surface area contributed by atoms with E-state index in [1.54, 1.807) is 0 Å². The van der Waals surface area contributed by atoms with E-state index in [4.69, 9.17) is 4.99 Å². The van der Waals surface area contributed by atoms with Crippen molar-refractivity contribution >= 4 is 17.8 Å². The van der Waals surface area contributed by atoms with Crippen LogP contribution in [0.1, 0.15) is 77.0 Å². The van der Waals surface area contributed by atoms with E-state index in [-0.39, 0.29) is 5.54 Å². The second kappa shape index (κ2) is 7.21. The highest BCUT2D eigenvalue weighted by molar-refractivity contribution is 7.96. The van der Waals surface area contributed by atoms with Gasteiger partial charge in [-0.15, -0.1) is 12.6 Å². The summed E-state index contributed by atoms with van der Waals surface area (Å²) in [5.41, 5.74) is 0.174. The van der Waals surface area contributed by atoms with Crippen molar-refractivity contribution in [2.45, 2.75) is 88.6 Å². The van der Waals surface area contributed by atoms with Gasteiger partial charge in [-0.25, -0.2) is 0 Å². The van der Waals surface area contributed by atoms with E-state index in [1.165, 1.54) is 77.0 Å². The first kappa shape index (κ1) is 15.5. The van der Waals surface area contributed by atoms with Gasteiger partial charge in [-0.3, -0.25) is 4.99 Å². The Morgan fingerprint density at radius 3 is 2.62 bits per heavy atom. The average molecular weight is 307 g/mol. The van der Waals surface area contributed by atoms with Gasteiger partial charge in [-0.2, -0.15) is 0 Å². The third kappa shape index (κ3) is 3.49. The summed E-state index contributed by atoms with van der Waals surface area (Å²) in [6.45, 7) is 0. The Morgan fingerprint density at radius 1 is 0.952 bits per heavy atom. The molecule has 1 aliphatic heterocycles. The molecule has 3 aliphatic rings. The number of fused-ring (bicyclic) bond motifs is 1. The van der Waals surface area contributed by atoms with Crippen LogP contribution in [-0.2, 0) is 0 Å². The Kier molecular flexibility index (Phi) is 5.31. The van der Waals surface area contributed by atoms with Crippen molar-refractivity contribution in [2.24, 2.45) is 10.9 Å². The lowest BCUT2D eigenvalue weighted by Crippen LogP contribution is -2.51.